The fraction of sp³-hybridized carbons (Fsp3) is 0.0400. The van der Waals surface area contributed by atoms with Crippen molar-refractivity contribution in [2.24, 2.45) is 0 Å². The highest BCUT2D eigenvalue weighted by Crippen LogP contribution is 2.27. The summed E-state index contributed by atoms with van der Waals surface area (Å²) in [5, 5.41) is 5.42. The molecule has 0 fully saturated rings. The third kappa shape index (κ3) is 3.62. The second kappa shape index (κ2) is 8.28. The number of para-hydroxylation sites is 1. The van der Waals surface area contributed by atoms with Gasteiger partial charge >= 0.3 is 0 Å². The number of H-pyrrole nitrogens is 1. The van der Waals surface area contributed by atoms with Gasteiger partial charge in [-0.3, -0.25) is 14.0 Å². The number of halogens is 1. The van der Waals surface area contributed by atoms with E-state index in [4.69, 9.17) is 4.98 Å². The first-order valence-corrected chi connectivity index (χ1v) is 10.3. The highest BCUT2D eigenvalue weighted by Gasteiger charge is 2.14. The summed E-state index contributed by atoms with van der Waals surface area (Å²) >= 11 is 0. The van der Waals surface area contributed by atoms with E-state index in [1.807, 2.05) is 60.9 Å². The van der Waals surface area contributed by atoms with E-state index >= 15 is 0 Å². The molecule has 6 rings (SSSR count). The summed E-state index contributed by atoms with van der Waals surface area (Å²) in [7, 11) is 0. The van der Waals surface area contributed by atoms with Crippen LogP contribution in [0.2, 0.25) is 0 Å². The standard InChI is InChI=1S/C25H17N5O2.HI/c31-22(15-29-11-4-1-5-12-29)26-16-8-9-21-19(14-16)25(32)30-13-10-18-17-6-2-3-7-20(17)27-23(18)24(30)28-21;/h1-14H,15H2,(H-,26,27,28,31,32);1H. The summed E-state index contributed by atoms with van der Waals surface area (Å²) in [6, 6.07) is 20.8. The first kappa shape index (κ1) is 21.1. The Balaban J connectivity index is 0.00000228. The molecule has 0 atom stereocenters. The zero-order valence-corrected chi connectivity index (χ0v) is 19.5. The van der Waals surface area contributed by atoms with Gasteiger partial charge in [0.05, 0.1) is 16.4 Å². The number of fused-ring (bicyclic) bond motifs is 6. The Morgan fingerprint density at radius 3 is 2.64 bits per heavy atom. The molecule has 7 nitrogen and oxygen atoms in total. The van der Waals surface area contributed by atoms with Crippen molar-refractivity contribution in [2.75, 3.05) is 5.32 Å². The zero-order valence-electron chi connectivity index (χ0n) is 17.3. The first-order chi connectivity index (χ1) is 15.7. The summed E-state index contributed by atoms with van der Waals surface area (Å²) in [4.78, 5) is 33.8. The van der Waals surface area contributed by atoms with Gasteiger partial charge in [0, 0.05) is 40.3 Å². The van der Waals surface area contributed by atoms with Gasteiger partial charge in [0.1, 0.15) is 0 Å². The highest BCUT2D eigenvalue weighted by molar-refractivity contribution is 6.11. The number of rotatable bonds is 3. The van der Waals surface area contributed by atoms with E-state index in [0.717, 1.165) is 21.8 Å². The second-order valence-electron chi connectivity index (χ2n) is 7.71. The Morgan fingerprint density at radius 2 is 1.79 bits per heavy atom. The fourth-order valence-electron chi connectivity index (χ4n) is 4.16. The number of nitrogens with one attached hydrogen (secondary N) is 2. The molecule has 0 aliphatic heterocycles. The van der Waals surface area contributed by atoms with Crippen LogP contribution in [0.15, 0.2) is 90.1 Å². The number of aromatic nitrogens is 4. The first-order valence-electron chi connectivity index (χ1n) is 10.3. The largest absolute Gasteiger partial charge is 1.00 e. The Labute approximate surface area is 204 Å². The average molecular weight is 547 g/mol. The molecule has 33 heavy (non-hydrogen) atoms. The topological polar surface area (TPSA) is 83.1 Å². The number of hydrogen-bond donors (Lipinski definition) is 2. The van der Waals surface area contributed by atoms with Crippen molar-refractivity contribution in [1.29, 1.82) is 0 Å². The summed E-state index contributed by atoms with van der Waals surface area (Å²) in [5.74, 6) is -0.172. The molecule has 2 N–H and O–H groups in total. The van der Waals surface area contributed by atoms with E-state index in [2.05, 4.69) is 10.3 Å². The number of hydrogen-bond acceptors (Lipinski definition) is 3. The number of carbonyl (C=O) groups is 1. The van der Waals surface area contributed by atoms with Gasteiger partial charge in [-0.1, -0.05) is 24.3 Å². The van der Waals surface area contributed by atoms with Gasteiger partial charge in [-0.2, -0.15) is 4.57 Å². The molecule has 0 saturated carbocycles. The van der Waals surface area contributed by atoms with Crippen LogP contribution in [0.3, 0.4) is 0 Å². The summed E-state index contributed by atoms with van der Waals surface area (Å²) in [5.41, 5.74) is 3.36. The van der Waals surface area contributed by atoms with E-state index < -0.39 is 0 Å². The molecule has 8 heteroatoms. The van der Waals surface area contributed by atoms with Crippen LogP contribution >= 0.6 is 0 Å². The van der Waals surface area contributed by atoms with Crippen LogP contribution in [0.5, 0.6) is 0 Å². The third-order valence-electron chi connectivity index (χ3n) is 5.65. The number of pyridine rings is 2. The highest BCUT2D eigenvalue weighted by atomic mass is 127. The summed E-state index contributed by atoms with van der Waals surface area (Å²) < 4.78 is 3.33. The third-order valence-corrected chi connectivity index (χ3v) is 5.65. The smallest absolute Gasteiger partial charge is 0.290 e. The maximum atomic E-state index is 13.3. The number of amides is 1. The molecule has 0 unspecified atom stereocenters. The minimum atomic E-state index is -0.181. The van der Waals surface area contributed by atoms with Crippen molar-refractivity contribution in [3.63, 3.8) is 0 Å². The van der Waals surface area contributed by atoms with Crippen LogP contribution in [-0.2, 0) is 11.3 Å². The van der Waals surface area contributed by atoms with Crippen LogP contribution < -0.4 is 39.4 Å². The quantitative estimate of drug-likeness (QED) is 0.192. The van der Waals surface area contributed by atoms with E-state index in [0.29, 0.717) is 22.2 Å². The van der Waals surface area contributed by atoms with Crippen molar-refractivity contribution in [3.8, 4) is 0 Å². The maximum absolute atomic E-state index is 13.3. The molecule has 0 spiro atoms. The molecule has 0 aliphatic rings. The molecule has 162 valence electrons. The lowest BCUT2D eigenvalue weighted by Crippen LogP contribution is -3.00. The van der Waals surface area contributed by atoms with Crippen molar-refractivity contribution >= 4 is 50.0 Å². The van der Waals surface area contributed by atoms with Gasteiger partial charge in [-0.25, -0.2) is 4.98 Å². The normalized spacial score (nSPS) is 11.2. The predicted octanol–water partition coefficient (Wildman–Crippen LogP) is 0.412. The summed E-state index contributed by atoms with van der Waals surface area (Å²) in [6.07, 6.45) is 5.41. The molecule has 1 amide bonds. The van der Waals surface area contributed by atoms with Crippen LogP contribution in [-0.4, -0.2) is 20.3 Å². The lowest BCUT2D eigenvalue weighted by atomic mass is 10.2. The van der Waals surface area contributed by atoms with Crippen molar-refractivity contribution in [1.82, 2.24) is 14.4 Å². The molecule has 4 aromatic heterocycles. The Bertz CT molecular complexity index is 1720. The number of nitrogens with zero attached hydrogens (tertiary/aromatic N) is 3. The fourth-order valence-corrected chi connectivity index (χ4v) is 4.16. The average Bonchev–Trinajstić information content (AvgIpc) is 3.19. The van der Waals surface area contributed by atoms with Crippen LogP contribution in [0.25, 0.3) is 38.4 Å². The monoisotopic (exact) mass is 547 g/mol. The predicted molar refractivity (Wildman–Crippen MR) is 124 cm³/mol. The Hall–Kier alpha value is -3.79. The second-order valence-corrected chi connectivity index (χ2v) is 7.71. The molecule has 2 aromatic carbocycles. The molecular formula is C25H18IN5O2. The van der Waals surface area contributed by atoms with E-state index in [1.54, 1.807) is 33.4 Å². The van der Waals surface area contributed by atoms with Crippen molar-refractivity contribution < 1.29 is 33.3 Å². The SMILES string of the molecule is O=C(C[n+]1ccccc1)Nc1ccc2nc3c4[nH]c5ccccc5c4ccn3c(=O)c2c1.[I-]. The lowest BCUT2D eigenvalue weighted by molar-refractivity contribution is -0.684. The van der Waals surface area contributed by atoms with Crippen molar-refractivity contribution in [3.05, 3.63) is 95.7 Å². The number of carbonyl (C=O) groups excluding carboxylic acids is 1. The lowest BCUT2D eigenvalue weighted by Gasteiger charge is -2.07. The maximum Gasteiger partial charge on any atom is 0.290 e. The van der Waals surface area contributed by atoms with Gasteiger partial charge in [-0.05, 0) is 30.3 Å². The minimum absolute atomic E-state index is 0. The van der Waals surface area contributed by atoms with Crippen LogP contribution in [0.4, 0.5) is 5.69 Å². The van der Waals surface area contributed by atoms with Gasteiger partial charge in [-0.15, -0.1) is 0 Å². The molecule has 0 saturated heterocycles. The van der Waals surface area contributed by atoms with E-state index in [-0.39, 0.29) is 42.0 Å². The van der Waals surface area contributed by atoms with Gasteiger partial charge < -0.3 is 34.3 Å². The molecule has 0 radical (unpaired) electrons. The molecule has 6 aromatic rings. The number of anilines is 1. The van der Waals surface area contributed by atoms with Gasteiger partial charge in [0.2, 0.25) is 6.54 Å². The molecular weight excluding hydrogens is 529 g/mol. The van der Waals surface area contributed by atoms with Crippen LogP contribution in [0, 0.1) is 0 Å². The minimum Gasteiger partial charge on any atom is -1.00 e. The van der Waals surface area contributed by atoms with Gasteiger partial charge in [0.15, 0.2) is 18.0 Å². The number of aromatic amines is 1. The van der Waals surface area contributed by atoms with Crippen LogP contribution in [0.1, 0.15) is 0 Å². The zero-order chi connectivity index (χ0) is 21.7. The molecule has 4 heterocycles. The molecule has 0 aliphatic carbocycles. The van der Waals surface area contributed by atoms with Crippen molar-refractivity contribution in [2.45, 2.75) is 6.54 Å². The van der Waals surface area contributed by atoms with E-state index in [1.165, 1.54) is 0 Å². The molecule has 0 bridgehead atoms. The Kier molecular flexibility index (Phi) is 5.29. The summed E-state index contributed by atoms with van der Waals surface area (Å²) in [6.45, 7) is 0.187. The Morgan fingerprint density at radius 1 is 0.970 bits per heavy atom. The van der Waals surface area contributed by atoms with E-state index in [9.17, 15) is 9.59 Å². The van der Waals surface area contributed by atoms with Gasteiger partial charge in [0.25, 0.3) is 11.5 Å². The number of benzene rings is 2.